The van der Waals surface area contributed by atoms with Crippen LogP contribution < -0.4 is 0 Å². The molecule has 4 nitrogen and oxygen atoms in total. The van der Waals surface area contributed by atoms with Crippen LogP contribution in [0.3, 0.4) is 0 Å². The average molecular weight is 328 g/mol. The van der Waals surface area contributed by atoms with Crippen molar-refractivity contribution in [3.63, 3.8) is 0 Å². The second kappa shape index (κ2) is 6.89. The summed E-state index contributed by atoms with van der Waals surface area (Å²) >= 11 is 3.32. The van der Waals surface area contributed by atoms with E-state index in [0.29, 0.717) is 0 Å². The Hall–Kier alpha value is -1.92. The number of thiophene rings is 1. The third-order valence-corrected chi connectivity index (χ3v) is 5.11. The highest BCUT2D eigenvalue weighted by atomic mass is 32.2. The van der Waals surface area contributed by atoms with Crippen molar-refractivity contribution in [3.05, 3.63) is 63.6 Å². The van der Waals surface area contributed by atoms with Gasteiger partial charge in [-0.1, -0.05) is 42.1 Å². The molecule has 112 valence electrons. The fraction of sp³-hybridized carbons (Fsp3) is 0.188. The van der Waals surface area contributed by atoms with Crippen LogP contribution in [0.1, 0.15) is 21.8 Å². The van der Waals surface area contributed by atoms with Gasteiger partial charge < -0.3 is 0 Å². The summed E-state index contributed by atoms with van der Waals surface area (Å²) in [5.74, 6) is 1.65. The normalized spacial score (nSPS) is 11.4. The Bertz CT molecular complexity index is 775. The third kappa shape index (κ3) is 3.45. The Labute approximate surface area is 137 Å². The number of benzene rings is 1. The molecule has 6 heteroatoms. The minimum Gasteiger partial charge on any atom is -0.192 e. The Balaban J connectivity index is 1.76. The van der Waals surface area contributed by atoms with Crippen LogP contribution in [-0.2, 0) is 5.75 Å². The summed E-state index contributed by atoms with van der Waals surface area (Å²) in [6, 6.07) is 12.4. The molecule has 0 aliphatic heterocycles. The molecule has 22 heavy (non-hydrogen) atoms. The van der Waals surface area contributed by atoms with E-state index in [-0.39, 0.29) is 0 Å². The Morgan fingerprint density at radius 1 is 1.18 bits per heavy atom. The molecule has 0 aliphatic carbocycles. The Morgan fingerprint density at radius 3 is 2.73 bits per heavy atom. The van der Waals surface area contributed by atoms with E-state index in [2.05, 4.69) is 45.8 Å². The van der Waals surface area contributed by atoms with Gasteiger partial charge in [-0.3, -0.25) is 0 Å². The Kier molecular flexibility index (Phi) is 4.70. The molecule has 0 amide bonds. The third-order valence-electron chi connectivity index (χ3n) is 3.17. The summed E-state index contributed by atoms with van der Waals surface area (Å²) < 4.78 is 1.80. The molecule has 0 atom stereocenters. The molecule has 0 fully saturated rings. The summed E-state index contributed by atoms with van der Waals surface area (Å²) in [6.07, 6.45) is 1.88. The summed E-state index contributed by atoms with van der Waals surface area (Å²) in [7, 11) is 0. The van der Waals surface area contributed by atoms with Crippen molar-refractivity contribution in [1.82, 2.24) is 14.9 Å². The van der Waals surface area contributed by atoms with Gasteiger partial charge in [0.25, 0.3) is 0 Å². The lowest BCUT2D eigenvalue weighted by Crippen LogP contribution is -1.96. The van der Waals surface area contributed by atoms with Gasteiger partial charge in [-0.05, 0) is 36.4 Å². The lowest BCUT2D eigenvalue weighted by molar-refractivity contribution is 0.744. The molecule has 0 unspecified atom stereocenters. The van der Waals surface area contributed by atoms with E-state index in [9.17, 15) is 0 Å². The predicted molar refractivity (Wildman–Crippen MR) is 92.8 cm³/mol. The van der Waals surface area contributed by atoms with Crippen LogP contribution in [0.25, 0.3) is 0 Å². The summed E-state index contributed by atoms with van der Waals surface area (Å²) in [5, 5.41) is 15.8. The average Bonchev–Trinajstić information content (AvgIpc) is 3.10. The van der Waals surface area contributed by atoms with E-state index in [0.717, 1.165) is 21.6 Å². The standard InChI is InChI=1S/C16H16N4S2/c1-12-8-9-21-15(12)10-17-20-13(2)18-19-16(20)22-11-14-6-4-3-5-7-14/h3-10H,11H2,1-2H3/b17-10-. The number of nitrogens with zero attached hydrogens (tertiary/aromatic N) is 4. The highest BCUT2D eigenvalue weighted by molar-refractivity contribution is 7.98. The van der Waals surface area contributed by atoms with Crippen LogP contribution in [-0.4, -0.2) is 21.1 Å². The number of thioether (sulfide) groups is 1. The van der Waals surface area contributed by atoms with Gasteiger partial charge in [-0.15, -0.1) is 21.5 Å². The number of hydrogen-bond donors (Lipinski definition) is 0. The fourth-order valence-electron chi connectivity index (χ4n) is 1.91. The smallest absolute Gasteiger partial charge is 0.192 e. The van der Waals surface area contributed by atoms with Crippen molar-refractivity contribution in [1.29, 1.82) is 0 Å². The maximum Gasteiger partial charge on any atom is 0.212 e. The molecule has 3 rings (SSSR count). The van der Waals surface area contributed by atoms with Crippen molar-refractivity contribution in [2.45, 2.75) is 24.8 Å². The summed E-state index contributed by atoms with van der Waals surface area (Å²) in [5.41, 5.74) is 2.50. The maximum atomic E-state index is 4.54. The number of aromatic nitrogens is 3. The molecule has 2 aromatic heterocycles. The first kappa shape index (κ1) is 15.0. The highest BCUT2D eigenvalue weighted by Gasteiger charge is 2.09. The van der Waals surface area contributed by atoms with Crippen LogP contribution in [0.4, 0.5) is 0 Å². The lowest BCUT2D eigenvalue weighted by atomic mass is 10.2. The van der Waals surface area contributed by atoms with Crippen LogP contribution in [0.5, 0.6) is 0 Å². The van der Waals surface area contributed by atoms with Crippen molar-refractivity contribution < 1.29 is 0 Å². The van der Waals surface area contributed by atoms with Gasteiger partial charge in [0.2, 0.25) is 5.16 Å². The lowest BCUT2D eigenvalue weighted by Gasteiger charge is -2.02. The molecule has 0 aliphatic rings. The molecule has 0 radical (unpaired) electrons. The maximum absolute atomic E-state index is 4.54. The van der Waals surface area contributed by atoms with Crippen molar-refractivity contribution in [2.75, 3.05) is 0 Å². The molecular formula is C16H16N4S2. The molecule has 0 spiro atoms. The quantitative estimate of drug-likeness (QED) is 0.522. The van der Waals surface area contributed by atoms with Gasteiger partial charge in [0.15, 0.2) is 5.82 Å². The number of hydrogen-bond acceptors (Lipinski definition) is 5. The van der Waals surface area contributed by atoms with E-state index < -0.39 is 0 Å². The van der Waals surface area contributed by atoms with Crippen LogP contribution in [0, 0.1) is 13.8 Å². The first-order valence-electron chi connectivity index (χ1n) is 6.91. The van der Waals surface area contributed by atoms with Gasteiger partial charge in [0.05, 0.1) is 11.1 Å². The van der Waals surface area contributed by atoms with E-state index in [1.165, 1.54) is 11.1 Å². The van der Waals surface area contributed by atoms with E-state index in [1.807, 2.05) is 31.3 Å². The second-order valence-corrected chi connectivity index (χ2v) is 6.72. The van der Waals surface area contributed by atoms with Crippen molar-refractivity contribution in [3.8, 4) is 0 Å². The molecule has 3 aromatic rings. The first-order valence-corrected chi connectivity index (χ1v) is 8.78. The molecule has 0 saturated heterocycles. The van der Waals surface area contributed by atoms with Gasteiger partial charge in [0.1, 0.15) is 0 Å². The zero-order valence-corrected chi connectivity index (χ0v) is 14.1. The van der Waals surface area contributed by atoms with Crippen LogP contribution >= 0.6 is 23.1 Å². The van der Waals surface area contributed by atoms with E-state index in [1.54, 1.807) is 27.8 Å². The van der Waals surface area contributed by atoms with E-state index in [4.69, 9.17) is 0 Å². The summed E-state index contributed by atoms with van der Waals surface area (Å²) in [4.78, 5) is 1.16. The first-order chi connectivity index (χ1) is 10.7. The molecule has 0 N–H and O–H groups in total. The van der Waals surface area contributed by atoms with Crippen LogP contribution in [0.15, 0.2) is 52.0 Å². The van der Waals surface area contributed by atoms with E-state index >= 15 is 0 Å². The van der Waals surface area contributed by atoms with Gasteiger partial charge in [-0.2, -0.15) is 9.78 Å². The SMILES string of the molecule is Cc1ccsc1/C=N\n1c(C)nnc1SCc1ccccc1. The number of rotatable bonds is 5. The predicted octanol–water partition coefficient (Wildman–Crippen LogP) is 4.13. The topological polar surface area (TPSA) is 43.1 Å². The van der Waals surface area contributed by atoms with Crippen molar-refractivity contribution >= 4 is 29.3 Å². The van der Waals surface area contributed by atoms with Crippen LogP contribution in [0.2, 0.25) is 0 Å². The molecule has 2 heterocycles. The monoisotopic (exact) mass is 328 g/mol. The van der Waals surface area contributed by atoms with Gasteiger partial charge in [-0.25, -0.2) is 0 Å². The zero-order chi connectivity index (χ0) is 15.4. The number of aryl methyl sites for hydroxylation is 2. The van der Waals surface area contributed by atoms with Gasteiger partial charge >= 0.3 is 0 Å². The molecule has 0 bridgehead atoms. The minimum atomic E-state index is 0.793. The zero-order valence-electron chi connectivity index (χ0n) is 12.4. The largest absolute Gasteiger partial charge is 0.212 e. The highest BCUT2D eigenvalue weighted by Crippen LogP contribution is 2.22. The van der Waals surface area contributed by atoms with Crippen molar-refractivity contribution in [2.24, 2.45) is 5.10 Å². The Morgan fingerprint density at radius 2 is 2.00 bits per heavy atom. The molecule has 1 aromatic carbocycles. The molecule has 0 saturated carbocycles. The summed E-state index contributed by atoms with van der Waals surface area (Å²) in [6.45, 7) is 4.00. The van der Waals surface area contributed by atoms with Gasteiger partial charge in [0, 0.05) is 5.75 Å². The minimum absolute atomic E-state index is 0.793. The second-order valence-electron chi connectivity index (χ2n) is 4.83. The fourth-order valence-corrected chi connectivity index (χ4v) is 3.58. The molecular weight excluding hydrogens is 312 g/mol.